The molecule has 0 saturated carbocycles. The van der Waals surface area contributed by atoms with E-state index in [4.69, 9.17) is 9.84 Å². The molecule has 5 heteroatoms. The molecule has 1 saturated heterocycles. The smallest absolute Gasteiger partial charge is 0.303 e. The summed E-state index contributed by atoms with van der Waals surface area (Å²) in [6.07, 6.45) is 4.07. The van der Waals surface area contributed by atoms with E-state index < -0.39 is 5.97 Å². The van der Waals surface area contributed by atoms with Crippen molar-refractivity contribution >= 4 is 17.6 Å². The van der Waals surface area contributed by atoms with Crippen LogP contribution in [0, 0.1) is 5.92 Å². The molecule has 5 nitrogen and oxygen atoms in total. The molecule has 0 radical (unpaired) electrons. The predicted octanol–water partition coefficient (Wildman–Crippen LogP) is 2.85. The molecule has 1 fully saturated rings. The third-order valence-electron chi connectivity index (χ3n) is 3.96. The van der Waals surface area contributed by atoms with Crippen LogP contribution in [0.5, 0.6) is 0 Å². The third-order valence-corrected chi connectivity index (χ3v) is 3.96. The van der Waals surface area contributed by atoms with Gasteiger partial charge in [-0.25, -0.2) is 0 Å². The number of hydrogen-bond donors (Lipinski definition) is 2. The maximum absolute atomic E-state index is 12.0. The van der Waals surface area contributed by atoms with E-state index in [1.54, 1.807) is 0 Å². The van der Waals surface area contributed by atoms with Gasteiger partial charge in [0.15, 0.2) is 0 Å². The fourth-order valence-corrected chi connectivity index (χ4v) is 2.65. The number of carboxylic acids is 1. The lowest BCUT2D eigenvalue weighted by Gasteiger charge is -2.21. The lowest BCUT2D eigenvalue weighted by atomic mass is 9.95. The largest absolute Gasteiger partial charge is 0.481 e. The Balaban J connectivity index is 1.77. The zero-order chi connectivity index (χ0) is 15.8. The number of carbonyl (C=O) groups excluding carboxylic acids is 1. The molecule has 1 aliphatic heterocycles. The number of carbonyl (C=O) groups is 2. The van der Waals surface area contributed by atoms with Crippen molar-refractivity contribution in [2.45, 2.75) is 38.5 Å². The monoisotopic (exact) mass is 305 g/mol. The van der Waals surface area contributed by atoms with Crippen molar-refractivity contribution in [3.05, 3.63) is 29.8 Å². The van der Waals surface area contributed by atoms with Crippen LogP contribution in [0.4, 0.5) is 5.69 Å². The molecule has 0 aliphatic carbocycles. The van der Waals surface area contributed by atoms with Gasteiger partial charge in [0.05, 0.1) is 0 Å². The standard InChI is InChI=1S/C17H23NO4/c19-16(6-4-13-8-10-22-11-9-13)18-15-3-1-2-14(12-15)5-7-17(20)21/h1-3,12-13H,4-11H2,(H,18,19)(H,20,21). The molecule has 1 aliphatic rings. The first-order valence-corrected chi connectivity index (χ1v) is 7.82. The van der Waals surface area contributed by atoms with E-state index in [2.05, 4.69) is 5.32 Å². The minimum atomic E-state index is -0.814. The number of carboxylic acid groups (broad SMARTS) is 1. The number of benzene rings is 1. The lowest BCUT2D eigenvalue weighted by Crippen LogP contribution is -2.18. The Morgan fingerprint density at radius 1 is 1.23 bits per heavy atom. The molecule has 1 aromatic rings. The molecule has 1 amide bonds. The van der Waals surface area contributed by atoms with E-state index in [1.807, 2.05) is 24.3 Å². The Hall–Kier alpha value is -1.88. The van der Waals surface area contributed by atoms with Gasteiger partial charge < -0.3 is 15.2 Å². The van der Waals surface area contributed by atoms with E-state index in [1.165, 1.54) is 0 Å². The Kier molecular flexibility index (Phi) is 6.40. The number of ether oxygens (including phenoxy) is 1. The van der Waals surface area contributed by atoms with Crippen LogP contribution in [0.2, 0.25) is 0 Å². The average molecular weight is 305 g/mol. The predicted molar refractivity (Wildman–Crippen MR) is 83.8 cm³/mol. The maximum Gasteiger partial charge on any atom is 0.303 e. The summed E-state index contributed by atoms with van der Waals surface area (Å²) in [5.41, 5.74) is 1.66. The molecule has 0 atom stereocenters. The molecule has 0 aromatic heterocycles. The fourth-order valence-electron chi connectivity index (χ4n) is 2.65. The van der Waals surface area contributed by atoms with E-state index in [9.17, 15) is 9.59 Å². The van der Waals surface area contributed by atoms with Gasteiger partial charge in [0.1, 0.15) is 0 Å². The summed E-state index contributed by atoms with van der Waals surface area (Å²) in [5.74, 6) is -0.214. The van der Waals surface area contributed by atoms with Crippen LogP contribution in [0.3, 0.4) is 0 Å². The van der Waals surface area contributed by atoms with E-state index >= 15 is 0 Å². The van der Waals surface area contributed by atoms with Gasteiger partial charge in [-0.1, -0.05) is 12.1 Å². The van der Waals surface area contributed by atoms with Crippen LogP contribution in [0.25, 0.3) is 0 Å². The van der Waals surface area contributed by atoms with Gasteiger partial charge in [-0.05, 0) is 49.3 Å². The van der Waals surface area contributed by atoms with Crippen molar-refractivity contribution in [2.24, 2.45) is 5.92 Å². The van der Waals surface area contributed by atoms with Crippen LogP contribution < -0.4 is 5.32 Å². The maximum atomic E-state index is 12.0. The van der Waals surface area contributed by atoms with Crippen molar-refractivity contribution in [1.82, 2.24) is 0 Å². The van der Waals surface area contributed by atoms with Crippen molar-refractivity contribution in [1.29, 1.82) is 0 Å². The molecule has 0 unspecified atom stereocenters. The van der Waals surface area contributed by atoms with Crippen molar-refractivity contribution in [3.63, 3.8) is 0 Å². The molecule has 1 heterocycles. The second kappa shape index (κ2) is 8.54. The number of nitrogens with one attached hydrogen (secondary N) is 1. The first kappa shape index (κ1) is 16.5. The van der Waals surface area contributed by atoms with Crippen molar-refractivity contribution in [2.75, 3.05) is 18.5 Å². The molecule has 120 valence electrons. The summed E-state index contributed by atoms with van der Waals surface area (Å²) in [6.45, 7) is 1.61. The topological polar surface area (TPSA) is 75.6 Å². The molecule has 2 N–H and O–H groups in total. The van der Waals surface area contributed by atoms with E-state index in [-0.39, 0.29) is 12.3 Å². The van der Waals surface area contributed by atoms with Gasteiger partial charge >= 0.3 is 5.97 Å². The SMILES string of the molecule is O=C(O)CCc1cccc(NC(=O)CCC2CCOCC2)c1. The van der Waals surface area contributed by atoms with Gasteiger partial charge in [0, 0.05) is 31.7 Å². The fraction of sp³-hybridized carbons (Fsp3) is 0.529. The Labute approximate surface area is 130 Å². The Morgan fingerprint density at radius 2 is 2.00 bits per heavy atom. The number of rotatable bonds is 7. The van der Waals surface area contributed by atoms with Crippen LogP contribution >= 0.6 is 0 Å². The first-order chi connectivity index (χ1) is 10.6. The Bertz CT molecular complexity index is 509. The second-order valence-electron chi connectivity index (χ2n) is 5.74. The zero-order valence-electron chi connectivity index (χ0n) is 12.7. The second-order valence-corrected chi connectivity index (χ2v) is 5.74. The molecule has 1 aromatic carbocycles. The summed E-state index contributed by atoms with van der Waals surface area (Å²) in [7, 11) is 0. The Morgan fingerprint density at radius 3 is 2.73 bits per heavy atom. The number of anilines is 1. The molecule has 2 rings (SSSR count). The summed E-state index contributed by atoms with van der Waals surface area (Å²) in [5, 5.41) is 11.6. The van der Waals surface area contributed by atoms with E-state index in [0.29, 0.717) is 18.8 Å². The van der Waals surface area contributed by atoms with Crippen molar-refractivity contribution < 1.29 is 19.4 Å². The molecular formula is C17H23NO4. The van der Waals surface area contributed by atoms with E-state index in [0.717, 1.165) is 43.7 Å². The van der Waals surface area contributed by atoms with Gasteiger partial charge in [0.2, 0.25) is 5.91 Å². The highest BCUT2D eigenvalue weighted by molar-refractivity contribution is 5.90. The molecule has 22 heavy (non-hydrogen) atoms. The average Bonchev–Trinajstić information content (AvgIpc) is 2.52. The van der Waals surface area contributed by atoms with Crippen molar-refractivity contribution in [3.8, 4) is 0 Å². The van der Waals surface area contributed by atoms with Gasteiger partial charge in [-0.2, -0.15) is 0 Å². The highest BCUT2D eigenvalue weighted by Crippen LogP contribution is 2.20. The normalized spacial score (nSPS) is 15.5. The number of amides is 1. The first-order valence-electron chi connectivity index (χ1n) is 7.82. The van der Waals surface area contributed by atoms with Crippen LogP contribution in [-0.4, -0.2) is 30.2 Å². The van der Waals surface area contributed by atoms with Gasteiger partial charge in [-0.3, -0.25) is 9.59 Å². The summed E-state index contributed by atoms with van der Waals surface area (Å²) >= 11 is 0. The molecule has 0 bridgehead atoms. The summed E-state index contributed by atoms with van der Waals surface area (Å²) in [6, 6.07) is 7.39. The van der Waals surface area contributed by atoms with Gasteiger partial charge in [0.25, 0.3) is 0 Å². The zero-order valence-corrected chi connectivity index (χ0v) is 12.7. The number of hydrogen-bond acceptors (Lipinski definition) is 3. The van der Waals surface area contributed by atoms with Crippen LogP contribution in [0.1, 0.15) is 37.7 Å². The van der Waals surface area contributed by atoms with Gasteiger partial charge in [-0.15, -0.1) is 0 Å². The summed E-state index contributed by atoms with van der Waals surface area (Å²) < 4.78 is 5.31. The number of aryl methyl sites for hydroxylation is 1. The third kappa shape index (κ3) is 5.85. The molecule has 0 spiro atoms. The summed E-state index contributed by atoms with van der Waals surface area (Å²) in [4.78, 5) is 22.6. The molecular weight excluding hydrogens is 282 g/mol. The highest BCUT2D eigenvalue weighted by Gasteiger charge is 2.15. The quantitative estimate of drug-likeness (QED) is 0.812. The lowest BCUT2D eigenvalue weighted by molar-refractivity contribution is -0.137. The minimum absolute atomic E-state index is 0.0156. The van der Waals surface area contributed by atoms with Crippen LogP contribution in [0.15, 0.2) is 24.3 Å². The number of aliphatic carboxylic acids is 1. The highest BCUT2D eigenvalue weighted by atomic mass is 16.5. The minimum Gasteiger partial charge on any atom is -0.481 e. The van der Waals surface area contributed by atoms with Crippen LogP contribution in [-0.2, 0) is 20.7 Å².